The van der Waals surface area contributed by atoms with E-state index in [-0.39, 0.29) is 12.5 Å². The molecule has 0 aliphatic carbocycles. The molecule has 0 aromatic rings. The molecule has 0 aliphatic heterocycles. The second kappa shape index (κ2) is 51.4. The minimum Gasteiger partial charge on any atom is -0.394 e. The Kier molecular flexibility index (Phi) is 48.9. The first-order valence-electron chi connectivity index (χ1n) is 25.6. The molecule has 0 aliphatic rings. The van der Waals surface area contributed by atoms with Crippen molar-refractivity contribution in [1.82, 2.24) is 5.32 Å². The molecule has 0 fully saturated rings. The van der Waals surface area contributed by atoms with Gasteiger partial charge < -0.3 is 15.5 Å². The van der Waals surface area contributed by atoms with Crippen LogP contribution in [0.1, 0.15) is 226 Å². The van der Waals surface area contributed by atoms with Gasteiger partial charge in [-0.2, -0.15) is 0 Å². The molecule has 4 heteroatoms. The highest BCUT2D eigenvalue weighted by Crippen LogP contribution is 2.14. The number of aliphatic hydroxyl groups excluding tert-OH is 2. The van der Waals surface area contributed by atoms with Crippen molar-refractivity contribution in [1.29, 1.82) is 0 Å². The quantitative estimate of drug-likeness (QED) is 0.0422. The van der Waals surface area contributed by atoms with E-state index >= 15 is 0 Å². The topological polar surface area (TPSA) is 69.6 Å². The Bertz CT molecular complexity index is 1180. The number of unbranched alkanes of at least 4 members (excludes halogenated alkanes) is 22. The SMILES string of the molecule is CC/C=C\C/C=C\C/C=C\C/C=C\C/C=C\C/C=C\C/C=C\CCCCCCCCCC(=O)NC(CO)C(O)/C=C/CC/C=C/CCCCCCCCCCCCCCCC. The molecular formula is C57H97NO3. The van der Waals surface area contributed by atoms with E-state index in [0.29, 0.717) is 6.42 Å². The number of allylic oxidation sites excluding steroid dienone is 17. The third-order valence-electron chi connectivity index (χ3n) is 11.0. The highest BCUT2D eigenvalue weighted by atomic mass is 16.3. The number of carbonyl (C=O) groups excluding carboxylic acids is 1. The van der Waals surface area contributed by atoms with E-state index in [0.717, 1.165) is 89.9 Å². The Balaban J connectivity index is 3.67. The van der Waals surface area contributed by atoms with Gasteiger partial charge in [0.1, 0.15) is 0 Å². The van der Waals surface area contributed by atoms with Crippen LogP contribution in [-0.4, -0.2) is 34.9 Å². The number of aliphatic hydroxyl groups is 2. The van der Waals surface area contributed by atoms with Crippen LogP contribution < -0.4 is 5.32 Å². The van der Waals surface area contributed by atoms with E-state index in [9.17, 15) is 15.0 Å². The smallest absolute Gasteiger partial charge is 0.220 e. The lowest BCUT2D eigenvalue weighted by Gasteiger charge is -2.19. The molecule has 0 aromatic carbocycles. The standard InChI is InChI=1S/C57H97NO3/c1-3-5-7-9-11-13-15-17-19-21-23-25-26-27-28-29-30-31-32-33-35-37-39-41-43-45-47-49-51-53-57(61)58-55(54-59)56(60)52-50-48-46-44-42-40-38-36-34-24-22-20-18-16-14-12-10-8-6-4-2/h5,7,11,13,17,19,23,25,27-28,30-31,33,35,42,44,50,52,55-56,59-60H,3-4,6,8-10,12,14-16,18,20-22,24,26,29,32,34,36-41,43,45-49,51,53-54H2,1-2H3,(H,58,61)/b7-5-,13-11-,19-17-,25-23-,28-27-,31-30-,35-33-,44-42+,52-50+. The molecular weight excluding hydrogens is 747 g/mol. The van der Waals surface area contributed by atoms with Crippen LogP contribution in [0, 0.1) is 0 Å². The van der Waals surface area contributed by atoms with E-state index in [4.69, 9.17) is 0 Å². The van der Waals surface area contributed by atoms with Gasteiger partial charge in [-0.3, -0.25) is 4.79 Å². The zero-order chi connectivity index (χ0) is 44.2. The predicted octanol–water partition coefficient (Wildman–Crippen LogP) is 16.7. The van der Waals surface area contributed by atoms with E-state index < -0.39 is 12.1 Å². The van der Waals surface area contributed by atoms with Gasteiger partial charge in [-0.25, -0.2) is 0 Å². The second-order valence-electron chi connectivity index (χ2n) is 16.8. The zero-order valence-electron chi connectivity index (χ0n) is 39.9. The summed E-state index contributed by atoms with van der Waals surface area (Å²) in [4.78, 5) is 12.4. The first-order valence-corrected chi connectivity index (χ1v) is 25.6. The van der Waals surface area contributed by atoms with Crippen LogP contribution in [0.25, 0.3) is 0 Å². The Labute approximate surface area is 378 Å². The normalized spacial score (nSPS) is 13.8. The molecule has 2 unspecified atom stereocenters. The lowest BCUT2D eigenvalue weighted by Crippen LogP contribution is -2.45. The summed E-state index contributed by atoms with van der Waals surface area (Å²) < 4.78 is 0. The molecule has 0 saturated carbocycles. The molecule has 2 atom stereocenters. The number of amides is 1. The fraction of sp³-hybridized carbons (Fsp3) is 0.667. The molecule has 0 aromatic heterocycles. The summed E-state index contributed by atoms with van der Waals surface area (Å²) in [5, 5.41) is 23.1. The first kappa shape index (κ1) is 58.0. The van der Waals surface area contributed by atoms with Crippen LogP contribution in [0.3, 0.4) is 0 Å². The molecule has 0 spiro atoms. The molecule has 4 nitrogen and oxygen atoms in total. The highest BCUT2D eigenvalue weighted by Gasteiger charge is 2.17. The van der Waals surface area contributed by atoms with Crippen LogP contribution in [0.15, 0.2) is 109 Å². The zero-order valence-corrected chi connectivity index (χ0v) is 39.9. The summed E-state index contributed by atoms with van der Waals surface area (Å²) in [6.45, 7) is 4.18. The first-order chi connectivity index (χ1) is 30.2. The van der Waals surface area contributed by atoms with Gasteiger partial charge in [0.05, 0.1) is 18.8 Å². The Morgan fingerprint density at radius 1 is 0.410 bits per heavy atom. The predicted molar refractivity (Wildman–Crippen MR) is 271 cm³/mol. The van der Waals surface area contributed by atoms with Crippen LogP contribution in [0.2, 0.25) is 0 Å². The maximum Gasteiger partial charge on any atom is 0.220 e. The van der Waals surface area contributed by atoms with Crippen LogP contribution in [0.5, 0.6) is 0 Å². The molecule has 0 saturated heterocycles. The minimum absolute atomic E-state index is 0.0891. The molecule has 3 N–H and O–H groups in total. The maximum atomic E-state index is 12.4. The van der Waals surface area contributed by atoms with E-state index in [1.165, 1.54) is 116 Å². The summed E-state index contributed by atoms with van der Waals surface area (Å²) in [6, 6.07) is -0.653. The van der Waals surface area contributed by atoms with Crippen LogP contribution >= 0.6 is 0 Å². The molecule has 0 rings (SSSR count). The largest absolute Gasteiger partial charge is 0.394 e. The summed E-state index contributed by atoms with van der Waals surface area (Å²) in [5.41, 5.74) is 0. The summed E-state index contributed by atoms with van der Waals surface area (Å²) in [7, 11) is 0. The highest BCUT2D eigenvalue weighted by molar-refractivity contribution is 5.76. The number of hydrogen-bond acceptors (Lipinski definition) is 3. The van der Waals surface area contributed by atoms with Crippen molar-refractivity contribution in [2.24, 2.45) is 0 Å². The lowest BCUT2D eigenvalue weighted by atomic mass is 10.0. The molecule has 0 radical (unpaired) electrons. The summed E-state index contributed by atoms with van der Waals surface area (Å²) in [5.74, 6) is -0.0891. The van der Waals surface area contributed by atoms with Crippen molar-refractivity contribution in [3.63, 3.8) is 0 Å². The monoisotopic (exact) mass is 844 g/mol. The fourth-order valence-corrected chi connectivity index (χ4v) is 7.11. The van der Waals surface area contributed by atoms with Gasteiger partial charge in [0.2, 0.25) is 5.91 Å². The molecule has 0 heterocycles. The average molecular weight is 844 g/mol. The second-order valence-corrected chi connectivity index (χ2v) is 16.8. The lowest BCUT2D eigenvalue weighted by molar-refractivity contribution is -0.123. The van der Waals surface area contributed by atoms with Crippen molar-refractivity contribution in [3.8, 4) is 0 Å². The maximum absolute atomic E-state index is 12.4. The van der Waals surface area contributed by atoms with Crippen LogP contribution in [-0.2, 0) is 4.79 Å². The number of carbonyl (C=O) groups is 1. The summed E-state index contributed by atoms with van der Waals surface area (Å²) in [6.07, 6.45) is 77.9. The van der Waals surface area contributed by atoms with E-state index in [1.807, 2.05) is 6.08 Å². The summed E-state index contributed by atoms with van der Waals surface area (Å²) >= 11 is 0. The van der Waals surface area contributed by atoms with Crippen molar-refractivity contribution in [2.45, 2.75) is 238 Å². The number of nitrogens with one attached hydrogen (secondary N) is 1. The minimum atomic E-state index is -0.875. The fourth-order valence-electron chi connectivity index (χ4n) is 7.11. The number of rotatable bonds is 45. The van der Waals surface area contributed by atoms with Gasteiger partial charge >= 0.3 is 0 Å². The Morgan fingerprint density at radius 3 is 1.15 bits per heavy atom. The van der Waals surface area contributed by atoms with Gasteiger partial charge in [-0.1, -0.05) is 239 Å². The van der Waals surface area contributed by atoms with Gasteiger partial charge in [0.15, 0.2) is 0 Å². The van der Waals surface area contributed by atoms with Gasteiger partial charge in [-0.15, -0.1) is 0 Å². The molecule has 61 heavy (non-hydrogen) atoms. The molecule has 1 amide bonds. The van der Waals surface area contributed by atoms with Gasteiger partial charge in [-0.05, 0) is 89.9 Å². The van der Waals surface area contributed by atoms with Crippen molar-refractivity contribution < 1.29 is 15.0 Å². The van der Waals surface area contributed by atoms with E-state index in [2.05, 4.69) is 116 Å². The van der Waals surface area contributed by atoms with Crippen molar-refractivity contribution in [2.75, 3.05) is 6.61 Å². The van der Waals surface area contributed by atoms with Crippen molar-refractivity contribution >= 4 is 5.91 Å². The van der Waals surface area contributed by atoms with Gasteiger partial charge in [0, 0.05) is 6.42 Å². The van der Waals surface area contributed by atoms with E-state index in [1.54, 1.807) is 6.08 Å². The Hall–Kier alpha value is -2.95. The third kappa shape index (κ3) is 47.9. The van der Waals surface area contributed by atoms with Crippen molar-refractivity contribution in [3.05, 3.63) is 109 Å². The molecule has 348 valence electrons. The number of hydrogen-bond donors (Lipinski definition) is 3. The average Bonchev–Trinajstić information content (AvgIpc) is 3.26. The Morgan fingerprint density at radius 2 is 0.738 bits per heavy atom. The van der Waals surface area contributed by atoms with Gasteiger partial charge in [0.25, 0.3) is 0 Å². The molecule has 0 bridgehead atoms. The third-order valence-corrected chi connectivity index (χ3v) is 11.0. The van der Waals surface area contributed by atoms with Crippen LogP contribution in [0.4, 0.5) is 0 Å².